The van der Waals surface area contributed by atoms with E-state index in [0.717, 1.165) is 30.7 Å². The van der Waals surface area contributed by atoms with Crippen LogP contribution in [0.1, 0.15) is 37.6 Å². The van der Waals surface area contributed by atoms with Crippen molar-refractivity contribution in [2.45, 2.75) is 33.1 Å². The van der Waals surface area contributed by atoms with Crippen molar-refractivity contribution in [1.82, 2.24) is 9.97 Å². The highest BCUT2D eigenvalue weighted by Crippen LogP contribution is 2.30. The van der Waals surface area contributed by atoms with Crippen LogP contribution in [0.4, 0.5) is 0 Å². The molecule has 0 N–H and O–H groups in total. The van der Waals surface area contributed by atoms with E-state index in [-0.39, 0.29) is 11.9 Å². The number of ether oxygens (including phenoxy) is 1. The second kappa shape index (κ2) is 5.76. The van der Waals surface area contributed by atoms with Crippen LogP contribution in [0, 0.1) is 12.8 Å². The van der Waals surface area contributed by atoms with E-state index in [0.29, 0.717) is 6.61 Å². The molecule has 1 atom stereocenters. The molecule has 0 aromatic carbocycles. The molecular weight excluding hydrogens is 228 g/mol. The van der Waals surface area contributed by atoms with Gasteiger partial charge in [-0.3, -0.25) is 14.8 Å². The largest absolute Gasteiger partial charge is 0.466 e. The van der Waals surface area contributed by atoms with Crippen LogP contribution in [-0.2, 0) is 9.53 Å². The second-order valence-corrected chi connectivity index (χ2v) is 4.44. The van der Waals surface area contributed by atoms with Crippen molar-refractivity contribution in [3.8, 4) is 0 Å². The summed E-state index contributed by atoms with van der Waals surface area (Å²) in [7, 11) is 0. The third-order valence-electron chi connectivity index (χ3n) is 3.22. The highest BCUT2D eigenvalue weighted by Gasteiger charge is 2.23. The average Bonchev–Trinajstić information content (AvgIpc) is 2.40. The standard InChI is InChI=1S/C14H18N2O2/c1-3-18-14(17)12-6-4-11(5-7-12)13-10(2)15-8-9-16-13/h4,8-9,12H,3,5-7H2,1-2H3/t12-/m0/s1. The van der Waals surface area contributed by atoms with Crippen molar-refractivity contribution < 1.29 is 9.53 Å². The predicted octanol–water partition coefficient (Wildman–Crippen LogP) is 2.53. The third kappa shape index (κ3) is 2.75. The minimum Gasteiger partial charge on any atom is -0.466 e. The third-order valence-corrected chi connectivity index (χ3v) is 3.22. The molecule has 0 saturated heterocycles. The smallest absolute Gasteiger partial charge is 0.309 e. The Morgan fingerprint density at radius 1 is 1.44 bits per heavy atom. The van der Waals surface area contributed by atoms with Crippen molar-refractivity contribution >= 4 is 11.5 Å². The first-order valence-electron chi connectivity index (χ1n) is 6.36. The van der Waals surface area contributed by atoms with Crippen molar-refractivity contribution in [1.29, 1.82) is 0 Å². The molecule has 4 heteroatoms. The normalized spacial score (nSPS) is 19.2. The molecular formula is C14H18N2O2. The number of nitrogens with zero attached hydrogens (tertiary/aromatic N) is 2. The van der Waals surface area contributed by atoms with E-state index in [2.05, 4.69) is 16.0 Å². The van der Waals surface area contributed by atoms with Gasteiger partial charge in [0, 0.05) is 12.4 Å². The van der Waals surface area contributed by atoms with Gasteiger partial charge in [-0.25, -0.2) is 0 Å². The van der Waals surface area contributed by atoms with Gasteiger partial charge in [0.25, 0.3) is 0 Å². The molecule has 0 amide bonds. The number of aromatic nitrogens is 2. The SMILES string of the molecule is CCOC(=O)[C@H]1CC=C(c2nccnc2C)CC1. The molecule has 18 heavy (non-hydrogen) atoms. The van der Waals surface area contributed by atoms with Crippen LogP contribution in [0.25, 0.3) is 5.57 Å². The van der Waals surface area contributed by atoms with E-state index >= 15 is 0 Å². The van der Waals surface area contributed by atoms with Crippen molar-refractivity contribution in [2.75, 3.05) is 6.61 Å². The molecule has 4 nitrogen and oxygen atoms in total. The van der Waals surface area contributed by atoms with E-state index in [1.807, 2.05) is 13.8 Å². The lowest BCUT2D eigenvalue weighted by Gasteiger charge is -2.20. The van der Waals surface area contributed by atoms with E-state index in [9.17, 15) is 4.79 Å². The summed E-state index contributed by atoms with van der Waals surface area (Å²) >= 11 is 0. The van der Waals surface area contributed by atoms with E-state index in [1.165, 1.54) is 5.57 Å². The lowest BCUT2D eigenvalue weighted by Crippen LogP contribution is -2.19. The van der Waals surface area contributed by atoms with Gasteiger partial charge in [0.15, 0.2) is 0 Å². The fourth-order valence-electron chi connectivity index (χ4n) is 2.25. The van der Waals surface area contributed by atoms with Gasteiger partial charge in [-0.05, 0) is 38.7 Å². The highest BCUT2D eigenvalue weighted by atomic mass is 16.5. The topological polar surface area (TPSA) is 52.1 Å². The maximum Gasteiger partial charge on any atom is 0.309 e. The Morgan fingerprint density at radius 3 is 2.83 bits per heavy atom. The number of carbonyl (C=O) groups excluding carboxylic acids is 1. The first-order valence-corrected chi connectivity index (χ1v) is 6.36. The lowest BCUT2D eigenvalue weighted by molar-refractivity contribution is -0.148. The van der Waals surface area contributed by atoms with Gasteiger partial charge in [-0.1, -0.05) is 6.08 Å². The van der Waals surface area contributed by atoms with E-state index in [4.69, 9.17) is 4.74 Å². The van der Waals surface area contributed by atoms with Crippen molar-refractivity contribution in [2.24, 2.45) is 5.92 Å². The van der Waals surface area contributed by atoms with Crippen LogP contribution >= 0.6 is 0 Å². The summed E-state index contributed by atoms with van der Waals surface area (Å²) in [5.41, 5.74) is 3.10. The van der Waals surface area contributed by atoms with Gasteiger partial charge in [0.1, 0.15) is 0 Å². The van der Waals surface area contributed by atoms with Crippen molar-refractivity contribution in [3.63, 3.8) is 0 Å². The molecule has 1 aromatic rings. The maximum atomic E-state index is 11.6. The van der Waals surface area contributed by atoms with Gasteiger partial charge in [0.2, 0.25) is 0 Å². The Labute approximate surface area is 107 Å². The number of rotatable bonds is 3. The number of carbonyl (C=O) groups is 1. The number of esters is 1. The minimum atomic E-state index is -0.0799. The number of hydrogen-bond donors (Lipinski definition) is 0. The van der Waals surface area contributed by atoms with Gasteiger partial charge < -0.3 is 4.74 Å². The first kappa shape index (κ1) is 12.7. The summed E-state index contributed by atoms with van der Waals surface area (Å²) in [5, 5.41) is 0. The van der Waals surface area contributed by atoms with E-state index < -0.39 is 0 Å². The van der Waals surface area contributed by atoms with Crippen LogP contribution in [0.3, 0.4) is 0 Å². The molecule has 96 valence electrons. The van der Waals surface area contributed by atoms with Crippen molar-refractivity contribution in [3.05, 3.63) is 29.9 Å². The Morgan fingerprint density at radius 2 is 2.22 bits per heavy atom. The highest BCUT2D eigenvalue weighted by molar-refractivity contribution is 5.75. The number of allylic oxidation sites excluding steroid dienone is 2. The van der Waals surface area contributed by atoms with Crippen LogP contribution < -0.4 is 0 Å². The monoisotopic (exact) mass is 246 g/mol. The Hall–Kier alpha value is -1.71. The zero-order chi connectivity index (χ0) is 13.0. The van der Waals surface area contributed by atoms with Gasteiger partial charge in [-0.15, -0.1) is 0 Å². The second-order valence-electron chi connectivity index (χ2n) is 4.44. The minimum absolute atomic E-state index is 0.00526. The molecule has 1 aromatic heterocycles. The van der Waals surface area contributed by atoms with Crippen LogP contribution in [0.15, 0.2) is 18.5 Å². The van der Waals surface area contributed by atoms with Gasteiger partial charge in [-0.2, -0.15) is 0 Å². The molecule has 0 spiro atoms. The predicted molar refractivity (Wildman–Crippen MR) is 68.7 cm³/mol. The molecule has 0 bridgehead atoms. The lowest BCUT2D eigenvalue weighted by atomic mass is 9.88. The average molecular weight is 246 g/mol. The molecule has 2 rings (SSSR count). The van der Waals surface area contributed by atoms with E-state index in [1.54, 1.807) is 12.4 Å². The molecule has 0 unspecified atom stereocenters. The van der Waals surface area contributed by atoms with Gasteiger partial charge in [0.05, 0.1) is 23.9 Å². The molecule has 0 saturated carbocycles. The summed E-state index contributed by atoms with van der Waals surface area (Å²) in [5.74, 6) is -0.0747. The Balaban J connectivity index is 2.07. The fourth-order valence-corrected chi connectivity index (χ4v) is 2.25. The van der Waals surface area contributed by atoms with Crippen LogP contribution in [0.2, 0.25) is 0 Å². The number of aryl methyl sites for hydroxylation is 1. The maximum absolute atomic E-state index is 11.6. The zero-order valence-electron chi connectivity index (χ0n) is 10.8. The zero-order valence-corrected chi connectivity index (χ0v) is 10.8. The van der Waals surface area contributed by atoms with Crippen LogP contribution in [-0.4, -0.2) is 22.5 Å². The molecule has 0 radical (unpaired) electrons. The Bertz CT molecular complexity index is 469. The number of hydrogen-bond acceptors (Lipinski definition) is 4. The molecule has 1 heterocycles. The summed E-state index contributed by atoms with van der Waals surface area (Å²) in [6.07, 6.45) is 7.94. The summed E-state index contributed by atoms with van der Waals surface area (Å²) < 4.78 is 5.05. The van der Waals surface area contributed by atoms with Gasteiger partial charge >= 0.3 is 5.97 Å². The fraction of sp³-hybridized carbons (Fsp3) is 0.500. The molecule has 0 fully saturated rings. The van der Waals surface area contributed by atoms with Crippen LogP contribution in [0.5, 0.6) is 0 Å². The Kier molecular flexibility index (Phi) is 4.07. The summed E-state index contributed by atoms with van der Waals surface area (Å²) in [6.45, 7) is 4.25. The first-order chi connectivity index (χ1) is 8.72. The summed E-state index contributed by atoms with van der Waals surface area (Å²) in [6, 6.07) is 0. The molecule has 1 aliphatic carbocycles. The quantitative estimate of drug-likeness (QED) is 0.769. The molecule has 0 aliphatic heterocycles. The molecule has 1 aliphatic rings. The summed E-state index contributed by atoms with van der Waals surface area (Å²) in [4.78, 5) is 20.2.